The Kier molecular flexibility index (Phi) is 2.64. The molecule has 0 unspecified atom stereocenters. The molecule has 18 heavy (non-hydrogen) atoms. The van der Waals surface area contributed by atoms with Crippen molar-refractivity contribution < 1.29 is 0 Å². The van der Waals surface area contributed by atoms with Crippen LogP contribution in [0.5, 0.6) is 0 Å². The number of hydrogen-bond acceptors (Lipinski definition) is 5. The molecule has 0 saturated heterocycles. The largest absolute Gasteiger partial charge is 0.368 e. The summed E-state index contributed by atoms with van der Waals surface area (Å²) in [6.45, 7) is 0. The van der Waals surface area contributed by atoms with Crippen molar-refractivity contribution in [2.24, 2.45) is 0 Å². The third kappa shape index (κ3) is 1.80. The van der Waals surface area contributed by atoms with E-state index in [-0.39, 0.29) is 5.95 Å². The second-order valence-electron chi connectivity index (χ2n) is 3.79. The van der Waals surface area contributed by atoms with Crippen molar-refractivity contribution in [3.63, 3.8) is 0 Å². The fourth-order valence-corrected chi connectivity index (χ4v) is 2.30. The summed E-state index contributed by atoms with van der Waals surface area (Å²) in [6.07, 6.45) is 3.76. The maximum absolute atomic E-state index is 5.72. The van der Waals surface area contributed by atoms with E-state index in [0.717, 1.165) is 16.6 Å². The summed E-state index contributed by atoms with van der Waals surface area (Å²) in [4.78, 5) is 9.61. The summed E-state index contributed by atoms with van der Waals surface area (Å²) in [5, 5.41) is 7.67. The van der Waals surface area contributed by atoms with Gasteiger partial charge in [0.05, 0.1) is 17.3 Å². The van der Waals surface area contributed by atoms with Crippen LogP contribution in [-0.4, -0.2) is 26.4 Å². The lowest BCUT2D eigenvalue weighted by molar-refractivity contribution is 1.09. The lowest BCUT2D eigenvalue weighted by atomic mass is 10.1. The number of fused-ring (bicyclic) bond motifs is 1. The standard InChI is InChI=1S/C12H11N5S/c1-18-8-4-2-3-7(5-8)10-9-6-14-17-11(9)16-12(13)15-10/h2-6H,1H3,(H3,13,14,15,16,17). The maximum atomic E-state index is 5.72. The fraction of sp³-hybridized carbons (Fsp3) is 0.0833. The van der Waals surface area contributed by atoms with Crippen molar-refractivity contribution in [1.29, 1.82) is 0 Å². The first-order chi connectivity index (χ1) is 8.78. The molecule has 3 aromatic rings. The molecular formula is C12H11N5S. The zero-order valence-corrected chi connectivity index (χ0v) is 10.5. The van der Waals surface area contributed by atoms with E-state index in [0.29, 0.717) is 5.65 Å². The molecule has 0 aliphatic heterocycles. The second-order valence-corrected chi connectivity index (χ2v) is 4.67. The lowest BCUT2D eigenvalue weighted by Crippen LogP contribution is -1.97. The molecule has 2 aromatic heterocycles. The number of hydrogen-bond donors (Lipinski definition) is 2. The second kappa shape index (κ2) is 4.30. The van der Waals surface area contributed by atoms with Gasteiger partial charge in [-0.3, -0.25) is 5.10 Å². The number of benzene rings is 1. The van der Waals surface area contributed by atoms with Crippen LogP contribution in [0.15, 0.2) is 35.4 Å². The molecule has 90 valence electrons. The van der Waals surface area contributed by atoms with Gasteiger partial charge < -0.3 is 5.73 Å². The molecule has 0 saturated carbocycles. The molecule has 3 N–H and O–H groups in total. The first-order valence-electron chi connectivity index (χ1n) is 5.39. The number of nitrogen functional groups attached to an aromatic ring is 1. The number of aromatic amines is 1. The number of thioether (sulfide) groups is 1. The monoisotopic (exact) mass is 257 g/mol. The number of rotatable bonds is 2. The van der Waals surface area contributed by atoms with Gasteiger partial charge in [0.25, 0.3) is 0 Å². The first kappa shape index (κ1) is 11.0. The third-order valence-corrected chi connectivity index (χ3v) is 3.40. The number of nitrogens with two attached hydrogens (primary N) is 1. The minimum atomic E-state index is 0.247. The van der Waals surface area contributed by atoms with E-state index in [1.54, 1.807) is 18.0 Å². The molecule has 2 heterocycles. The van der Waals surface area contributed by atoms with Crippen LogP contribution < -0.4 is 5.73 Å². The number of H-pyrrole nitrogens is 1. The third-order valence-electron chi connectivity index (χ3n) is 2.67. The normalized spacial score (nSPS) is 10.9. The number of nitrogens with one attached hydrogen (secondary N) is 1. The van der Waals surface area contributed by atoms with E-state index in [2.05, 4.69) is 32.3 Å². The van der Waals surface area contributed by atoms with Crippen LogP contribution in [0.2, 0.25) is 0 Å². The van der Waals surface area contributed by atoms with Crippen LogP contribution >= 0.6 is 11.8 Å². The van der Waals surface area contributed by atoms with Crippen LogP contribution in [0.3, 0.4) is 0 Å². The predicted octanol–water partition coefficient (Wildman–Crippen LogP) is 2.32. The molecule has 0 aliphatic rings. The van der Waals surface area contributed by atoms with Crippen LogP contribution in [0.25, 0.3) is 22.3 Å². The van der Waals surface area contributed by atoms with Crippen molar-refractivity contribution in [2.75, 3.05) is 12.0 Å². The molecule has 0 atom stereocenters. The lowest BCUT2D eigenvalue weighted by Gasteiger charge is -2.05. The summed E-state index contributed by atoms with van der Waals surface area (Å²) in [5.74, 6) is 0.247. The van der Waals surface area contributed by atoms with Gasteiger partial charge in [-0.2, -0.15) is 10.1 Å². The fourth-order valence-electron chi connectivity index (χ4n) is 1.84. The molecule has 1 aromatic carbocycles. The van der Waals surface area contributed by atoms with Crippen molar-refractivity contribution in [3.8, 4) is 11.3 Å². The van der Waals surface area contributed by atoms with Gasteiger partial charge in [0.15, 0.2) is 5.65 Å². The van der Waals surface area contributed by atoms with Gasteiger partial charge in [-0.25, -0.2) is 4.98 Å². The Balaban J connectivity index is 2.26. The molecule has 3 rings (SSSR count). The van der Waals surface area contributed by atoms with E-state index in [4.69, 9.17) is 5.73 Å². The van der Waals surface area contributed by atoms with Gasteiger partial charge >= 0.3 is 0 Å². The summed E-state index contributed by atoms with van der Waals surface area (Å²) >= 11 is 1.69. The van der Waals surface area contributed by atoms with E-state index in [9.17, 15) is 0 Å². The zero-order chi connectivity index (χ0) is 12.5. The van der Waals surface area contributed by atoms with Crippen LogP contribution in [0.4, 0.5) is 5.95 Å². The highest BCUT2D eigenvalue weighted by Crippen LogP contribution is 2.28. The van der Waals surface area contributed by atoms with E-state index >= 15 is 0 Å². The quantitative estimate of drug-likeness (QED) is 0.689. The number of anilines is 1. The Bertz CT molecular complexity index is 707. The smallest absolute Gasteiger partial charge is 0.222 e. The molecule has 0 amide bonds. The summed E-state index contributed by atoms with van der Waals surface area (Å²) in [7, 11) is 0. The molecule has 0 bridgehead atoms. The number of nitrogens with zero attached hydrogens (tertiary/aromatic N) is 3. The van der Waals surface area contributed by atoms with Gasteiger partial charge in [0, 0.05) is 10.5 Å². The van der Waals surface area contributed by atoms with Crippen LogP contribution in [-0.2, 0) is 0 Å². The minimum Gasteiger partial charge on any atom is -0.368 e. The Morgan fingerprint density at radius 3 is 3.00 bits per heavy atom. The Hall–Kier alpha value is -2.08. The average Bonchev–Trinajstić information content (AvgIpc) is 2.85. The van der Waals surface area contributed by atoms with Crippen molar-refractivity contribution in [1.82, 2.24) is 20.2 Å². The Labute approximate surface area is 108 Å². The summed E-state index contributed by atoms with van der Waals surface area (Å²) in [6, 6.07) is 8.16. The Morgan fingerprint density at radius 2 is 2.17 bits per heavy atom. The highest BCUT2D eigenvalue weighted by atomic mass is 32.2. The molecular weight excluding hydrogens is 246 g/mol. The Morgan fingerprint density at radius 1 is 1.28 bits per heavy atom. The number of aromatic nitrogens is 4. The first-order valence-corrected chi connectivity index (χ1v) is 6.61. The molecule has 5 nitrogen and oxygen atoms in total. The van der Waals surface area contributed by atoms with Gasteiger partial charge in [-0.15, -0.1) is 11.8 Å². The molecule has 6 heteroatoms. The van der Waals surface area contributed by atoms with Gasteiger partial charge in [0.2, 0.25) is 5.95 Å². The van der Waals surface area contributed by atoms with E-state index in [1.807, 2.05) is 18.4 Å². The predicted molar refractivity (Wildman–Crippen MR) is 73.3 cm³/mol. The van der Waals surface area contributed by atoms with Crippen molar-refractivity contribution >= 4 is 28.7 Å². The average molecular weight is 257 g/mol. The van der Waals surface area contributed by atoms with Gasteiger partial charge in [-0.1, -0.05) is 12.1 Å². The summed E-state index contributed by atoms with van der Waals surface area (Å²) < 4.78 is 0. The highest BCUT2D eigenvalue weighted by Gasteiger charge is 2.10. The zero-order valence-electron chi connectivity index (χ0n) is 9.71. The maximum Gasteiger partial charge on any atom is 0.222 e. The molecule has 0 aliphatic carbocycles. The van der Waals surface area contributed by atoms with E-state index in [1.165, 1.54) is 4.90 Å². The van der Waals surface area contributed by atoms with Crippen LogP contribution in [0, 0.1) is 0 Å². The van der Waals surface area contributed by atoms with Crippen molar-refractivity contribution in [3.05, 3.63) is 30.5 Å². The molecule has 0 spiro atoms. The summed E-state index contributed by atoms with van der Waals surface area (Å²) in [5.41, 5.74) is 8.20. The molecule has 0 fully saturated rings. The van der Waals surface area contributed by atoms with Crippen LogP contribution in [0.1, 0.15) is 0 Å². The van der Waals surface area contributed by atoms with E-state index < -0.39 is 0 Å². The minimum absolute atomic E-state index is 0.247. The highest BCUT2D eigenvalue weighted by molar-refractivity contribution is 7.98. The van der Waals surface area contributed by atoms with Crippen molar-refractivity contribution in [2.45, 2.75) is 4.90 Å². The topological polar surface area (TPSA) is 80.5 Å². The van der Waals surface area contributed by atoms with Gasteiger partial charge in [0.1, 0.15) is 0 Å². The SMILES string of the molecule is CSc1cccc(-c2nc(N)nc3[nH]ncc23)c1. The van der Waals surface area contributed by atoms with Gasteiger partial charge in [-0.05, 0) is 18.4 Å². The molecule has 0 radical (unpaired) electrons.